The number of urea groups is 1. The molecular weight excluding hydrogens is 288 g/mol. The zero-order valence-electron chi connectivity index (χ0n) is 14.3. The van der Waals surface area contributed by atoms with Gasteiger partial charge < -0.3 is 15.2 Å². The van der Waals surface area contributed by atoms with Gasteiger partial charge in [0.15, 0.2) is 0 Å². The van der Waals surface area contributed by atoms with Crippen LogP contribution >= 0.6 is 0 Å². The van der Waals surface area contributed by atoms with Crippen molar-refractivity contribution in [2.45, 2.75) is 45.2 Å². The van der Waals surface area contributed by atoms with Gasteiger partial charge in [0.2, 0.25) is 0 Å². The van der Waals surface area contributed by atoms with E-state index < -0.39 is 0 Å². The van der Waals surface area contributed by atoms with Gasteiger partial charge in [-0.15, -0.1) is 0 Å². The van der Waals surface area contributed by atoms with E-state index in [0.29, 0.717) is 6.54 Å². The van der Waals surface area contributed by atoms with Crippen LogP contribution in [0.3, 0.4) is 0 Å². The minimum Gasteiger partial charge on any atom is -0.337 e. The lowest BCUT2D eigenvalue weighted by Gasteiger charge is -2.35. The molecule has 0 aliphatic heterocycles. The Hall–Kier alpha value is -2.30. The van der Waals surface area contributed by atoms with Crippen LogP contribution in [0.25, 0.3) is 0 Å². The largest absolute Gasteiger partial charge is 0.337 e. The fourth-order valence-electron chi connectivity index (χ4n) is 2.80. The van der Waals surface area contributed by atoms with Crippen LogP contribution in [0.4, 0.5) is 4.79 Å². The first-order valence-corrected chi connectivity index (χ1v) is 8.01. The number of rotatable bonds is 6. The average Bonchev–Trinajstić information content (AvgIpc) is 2.96. The van der Waals surface area contributed by atoms with Gasteiger partial charge in [-0.1, -0.05) is 51.1 Å². The lowest BCUT2D eigenvalue weighted by molar-refractivity contribution is 0.227. The molecule has 0 spiro atoms. The second kappa shape index (κ2) is 7.31. The molecule has 1 aromatic heterocycles. The van der Waals surface area contributed by atoms with Crippen LogP contribution in [0.1, 0.15) is 38.6 Å². The normalized spacial score (nSPS) is 12.7. The summed E-state index contributed by atoms with van der Waals surface area (Å²) in [5, 5.41) is 5.98. The summed E-state index contributed by atoms with van der Waals surface area (Å²) in [7, 11) is 1.91. The standard InChI is InChI=1S/C18H26N4O/c1-5-15(18(2,3)14-9-7-6-8-10-14)21-17(23)20-13-16-19-11-12-22(16)4/h6-12,15H,5,13H2,1-4H3,(H2,20,21,23). The summed E-state index contributed by atoms with van der Waals surface area (Å²) in [5.41, 5.74) is 1.08. The Morgan fingerprint density at radius 3 is 2.57 bits per heavy atom. The number of aryl methyl sites for hydroxylation is 1. The smallest absolute Gasteiger partial charge is 0.315 e. The summed E-state index contributed by atoms with van der Waals surface area (Å²) >= 11 is 0. The number of hydrogen-bond acceptors (Lipinski definition) is 2. The molecule has 2 rings (SSSR count). The van der Waals surface area contributed by atoms with Crippen LogP contribution in [-0.4, -0.2) is 21.6 Å². The Morgan fingerprint density at radius 1 is 1.30 bits per heavy atom. The zero-order chi connectivity index (χ0) is 16.9. The highest BCUT2D eigenvalue weighted by Crippen LogP contribution is 2.28. The highest BCUT2D eigenvalue weighted by Gasteiger charge is 2.31. The van der Waals surface area contributed by atoms with Crippen LogP contribution in [0, 0.1) is 0 Å². The van der Waals surface area contributed by atoms with Gasteiger partial charge >= 0.3 is 6.03 Å². The van der Waals surface area contributed by atoms with Crippen molar-refractivity contribution in [3.05, 3.63) is 54.1 Å². The molecule has 1 aromatic carbocycles. The fourth-order valence-corrected chi connectivity index (χ4v) is 2.80. The third-order valence-electron chi connectivity index (χ3n) is 4.43. The number of carbonyl (C=O) groups is 1. The summed E-state index contributed by atoms with van der Waals surface area (Å²) in [6.07, 6.45) is 4.45. The second-order valence-corrected chi connectivity index (χ2v) is 6.33. The van der Waals surface area contributed by atoms with E-state index in [0.717, 1.165) is 12.2 Å². The molecule has 0 bridgehead atoms. The van der Waals surface area contributed by atoms with Crippen LogP contribution in [0.2, 0.25) is 0 Å². The van der Waals surface area contributed by atoms with E-state index >= 15 is 0 Å². The van der Waals surface area contributed by atoms with Gasteiger partial charge in [0.25, 0.3) is 0 Å². The molecule has 0 aliphatic carbocycles. The maximum atomic E-state index is 12.2. The van der Waals surface area contributed by atoms with Gasteiger partial charge in [0.1, 0.15) is 5.82 Å². The summed E-state index contributed by atoms with van der Waals surface area (Å²) in [6, 6.07) is 10.2. The average molecular weight is 314 g/mol. The van der Waals surface area contributed by atoms with E-state index in [-0.39, 0.29) is 17.5 Å². The topological polar surface area (TPSA) is 59.0 Å². The molecule has 5 heteroatoms. The molecule has 2 amide bonds. The first-order valence-electron chi connectivity index (χ1n) is 8.01. The molecule has 23 heavy (non-hydrogen) atoms. The number of hydrogen-bond donors (Lipinski definition) is 2. The molecule has 0 fully saturated rings. The summed E-state index contributed by atoms with van der Waals surface area (Å²) in [6.45, 7) is 6.83. The highest BCUT2D eigenvalue weighted by atomic mass is 16.2. The van der Waals surface area contributed by atoms with Gasteiger partial charge in [-0.25, -0.2) is 9.78 Å². The van der Waals surface area contributed by atoms with Gasteiger partial charge in [-0.3, -0.25) is 0 Å². The van der Waals surface area contributed by atoms with Crippen molar-refractivity contribution in [2.24, 2.45) is 7.05 Å². The minimum absolute atomic E-state index is 0.0475. The molecule has 1 heterocycles. The summed E-state index contributed by atoms with van der Waals surface area (Å²) in [4.78, 5) is 16.4. The fraction of sp³-hybridized carbons (Fsp3) is 0.444. The predicted molar refractivity (Wildman–Crippen MR) is 92.1 cm³/mol. The molecule has 2 aromatic rings. The number of nitrogens with zero attached hydrogens (tertiary/aromatic N) is 2. The lowest BCUT2D eigenvalue weighted by atomic mass is 9.76. The Labute approximate surface area is 138 Å². The van der Waals surface area contributed by atoms with E-state index in [2.05, 4.69) is 48.5 Å². The van der Waals surface area contributed by atoms with Gasteiger partial charge in [0, 0.05) is 30.9 Å². The third-order valence-corrected chi connectivity index (χ3v) is 4.43. The number of amides is 2. The number of benzene rings is 1. The van der Waals surface area contributed by atoms with Crippen LogP contribution < -0.4 is 10.6 Å². The van der Waals surface area contributed by atoms with Crippen molar-refractivity contribution in [1.82, 2.24) is 20.2 Å². The third kappa shape index (κ3) is 4.12. The van der Waals surface area contributed by atoms with Crippen LogP contribution in [0.15, 0.2) is 42.7 Å². The van der Waals surface area contributed by atoms with E-state index in [1.165, 1.54) is 5.56 Å². The van der Waals surface area contributed by atoms with E-state index in [1.807, 2.05) is 36.0 Å². The Balaban J connectivity index is 1.98. The lowest BCUT2D eigenvalue weighted by Crippen LogP contribution is -2.50. The number of aromatic nitrogens is 2. The number of imidazole rings is 1. The molecule has 1 atom stereocenters. The maximum Gasteiger partial charge on any atom is 0.315 e. The summed E-state index contributed by atoms with van der Waals surface area (Å²) < 4.78 is 1.89. The Kier molecular flexibility index (Phi) is 5.42. The monoisotopic (exact) mass is 314 g/mol. The second-order valence-electron chi connectivity index (χ2n) is 6.33. The van der Waals surface area contributed by atoms with Crippen molar-refractivity contribution >= 4 is 6.03 Å². The van der Waals surface area contributed by atoms with Crippen molar-refractivity contribution < 1.29 is 4.79 Å². The Morgan fingerprint density at radius 2 is 2.00 bits per heavy atom. The molecule has 0 saturated heterocycles. The van der Waals surface area contributed by atoms with E-state index in [1.54, 1.807) is 6.20 Å². The molecule has 0 saturated carbocycles. The van der Waals surface area contributed by atoms with Gasteiger partial charge in [0.05, 0.1) is 6.54 Å². The molecule has 5 nitrogen and oxygen atoms in total. The first-order chi connectivity index (χ1) is 10.9. The van der Waals surface area contributed by atoms with Gasteiger partial charge in [-0.2, -0.15) is 0 Å². The first kappa shape index (κ1) is 17.1. The minimum atomic E-state index is -0.163. The SMILES string of the molecule is CCC(NC(=O)NCc1nccn1C)C(C)(C)c1ccccc1. The van der Waals surface area contributed by atoms with Crippen molar-refractivity contribution in [3.63, 3.8) is 0 Å². The number of nitrogens with one attached hydrogen (secondary N) is 2. The van der Waals surface area contributed by atoms with E-state index in [9.17, 15) is 4.79 Å². The van der Waals surface area contributed by atoms with Crippen molar-refractivity contribution in [2.75, 3.05) is 0 Å². The molecule has 0 radical (unpaired) electrons. The molecule has 1 unspecified atom stereocenters. The summed E-state index contributed by atoms with van der Waals surface area (Å²) in [5.74, 6) is 0.829. The molecular formula is C18H26N4O. The molecule has 0 aliphatic rings. The zero-order valence-corrected chi connectivity index (χ0v) is 14.3. The van der Waals surface area contributed by atoms with E-state index in [4.69, 9.17) is 0 Å². The molecule has 124 valence electrons. The molecule has 2 N–H and O–H groups in total. The maximum absolute atomic E-state index is 12.2. The quantitative estimate of drug-likeness (QED) is 0.861. The van der Waals surface area contributed by atoms with Crippen LogP contribution in [0.5, 0.6) is 0 Å². The van der Waals surface area contributed by atoms with Gasteiger partial charge in [-0.05, 0) is 12.0 Å². The Bertz CT molecular complexity index is 633. The van der Waals surface area contributed by atoms with Crippen LogP contribution in [-0.2, 0) is 19.0 Å². The number of carbonyl (C=O) groups excluding carboxylic acids is 1. The highest BCUT2D eigenvalue weighted by molar-refractivity contribution is 5.74. The predicted octanol–water partition coefficient (Wildman–Crippen LogP) is 2.98. The van der Waals surface area contributed by atoms with Crippen molar-refractivity contribution in [1.29, 1.82) is 0 Å². The van der Waals surface area contributed by atoms with Crippen molar-refractivity contribution in [3.8, 4) is 0 Å².